The van der Waals surface area contributed by atoms with E-state index in [2.05, 4.69) is 19.9 Å². The van der Waals surface area contributed by atoms with Gasteiger partial charge in [-0.3, -0.25) is 9.89 Å². The third-order valence-corrected chi connectivity index (χ3v) is 6.16. The molecule has 0 aromatic heterocycles. The molecule has 10 heteroatoms. The van der Waals surface area contributed by atoms with Gasteiger partial charge >= 0.3 is 0 Å². The summed E-state index contributed by atoms with van der Waals surface area (Å²) in [6.07, 6.45) is 8.40. The molecule has 1 aromatic carbocycles. The van der Waals surface area contributed by atoms with E-state index in [1.54, 1.807) is 18.6 Å². The molecule has 1 fully saturated rings. The molecule has 3 heterocycles. The Bertz CT molecular complexity index is 1110. The van der Waals surface area contributed by atoms with Crippen LogP contribution in [0.25, 0.3) is 0 Å². The van der Waals surface area contributed by atoms with Crippen molar-refractivity contribution in [2.75, 3.05) is 53.6 Å². The first-order valence-corrected chi connectivity index (χ1v) is 11.4. The Labute approximate surface area is 203 Å². The summed E-state index contributed by atoms with van der Waals surface area (Å²) < 4.78 is 45.3. The SMILES string of the molecule is COc1cc(OC)c(F)c(CC2=CN=C3N=CC(C(C=NCCN4CCOCC4)=CN)=CC23)c1F. The second-order valence-corrected chi connectivity index (χ2v) is 8.22. The van der Waals surface area contributed by atoms with Crippen molar-refractivity contribution >= 4 is 18.3 Å². The molecular formula is C25H29F2N5O3. The first-order valence-electron chi connectivity index (χ1n) is 11.4. The Morgan fingerprint density at radius 3 is 2.60 bits per heavy atom. The lowest BCUT2D eigenvalue weighted by Gasteiger charge is -2.25. The number of morpholine rings is 1. The fourth-order valence-corrected chi connectivity index (χ4v) is 4.15. The second-order valence-electron chi connectivity index (χ2n) is 8.22. The normalized spacial score (nSPS) is 20.5. The average Bonchev–Trinajstić information content (AvgIpc) is 3.29. The van der Waals surface area contributed by atoms with Crippen LogP contribution in [0.1, 0.15) is 5.56 Å². The van der Waals surface area contributed by atoms with E-state index >= 15 is 0 Å². The van der Waals surface area contributed by atoms with Gasteiger partial charge < -0.3 is 19.9 Å². The lowest BCUT2D eigenvalue weighted by atomic mass is 9.89. The number of dihydropyridines is 1. The molecule has 4 rings (SSSR count). The highest BCUT2D eigenvalue weighted by atomic mass is 19.1. The molecule has 1 unspecified atom stereocenters. The Morgan fingerprint density at radius 2 is 1.94 bits per heavy atom. The summed E-state index contributed by atoms with van der Waals surface area (Å²) in [5.41, 5.74) is 7.90. The molecule has 1 saturated heterocycles. The maximum atomic E-state index is 14.9. The first kappa shape index (κ1) is 24.7. The highest BCUT2D eigenvalue weighted by Gasteiger charge is 2.29. The van der Waals surface area contributed by atoms with Crippen LogP contribution in [0.4, 0.5) is 8.78 Å². The molecule has 35 heavy (non-hydrogen) atoms. The predicted octanol–water partition coefficient (Wildman–Crippen LogP) is 2.69. The van der Waals surface area contributed by atoms with Gasteiger partial charge in [-0.05, 0) is 5.57 Å². The van der Waals surface area contributed by atoms with Crippen molar-refractivity contribution in [3.05, 3.63) is 58.5 Å². The van der Waals surface area contributed by atoms with Crippen LogP contribution >= 0.6 is 0 Å². The highest BCUT2D eigenvalue weighted by Crippen LogP contribution is 2.36. The molecule has 186 valence electrons. The monoisotopic (exact) mass is 485 g/mol. The molecule has 1 aromatic rings. The average molecular weight is 486 g/mol. The minimum atomic E-state index is -0.765. The molecule has 3 aliphatic rings. The van der Waals surface area contributed by atoms with Crippen LogP contribution in [0.3, 0.4) is 0 Å². The van der Waals surface area contributed by atoms with E-state index in [1.165, 1.54) is 26.5 Å². The quantitative estimate of drug-likeness (QED) is 0.543. The van der Waals surface area contributed by atoms with E-state index in [9.17, 15) is 8.78 Å². The summed E-state index contributed by atoms with van der Waals surface area (Å²) in [6.45, 7) is 4.80. The lowest BCUT2D eigenvalue weighted by molar-refractivity contribution is 0.0395. The van der Waals surface area contributed by atoms with Crippen molar-refractivity contribution in [3.8, 4) is 11.5 Å². The van der Waals surface area contributed by atoms with E-state index in [-0.39, 0.29) is 29.4 Å². The zero-order chi connectivity index (χ0) is 24.8. The fraction of sp³-hybridized carbons (Fsp3) is 0.400. The molecule has 0 saturated carbocycles. The van der Waals surface area contributed by atoms with Crippen LogP contribution in [0.5, 0.6) is 11.5 Å². The van der Waals surface area contributed by atoms with Crippen LogP contribution in [0.15, 0.2) is 56.2 Å². The van der Waals surface area contributed by atoms with Gasteiger partial charge in [-0.2, -0.15) is 0 Å². The summed E-state index contributed by atoms with van der Waals surface area (Å²) >= 11 is 0. The molecule has 8 nitrogen and oxygen atoms in total. The molecule has 0 radical (unpaired) electrons. The Hall–Kier alpha value is -3.37. The van der Waals surface area contributed by atoms with E-state index in [0.717, 1.165) is 38.4 Å². The summed E-state index contributed by atoms with van der Waals surface area (Å²) in [5, 5.41) is 0. The van der Waals surface area contributed by atoms with Gasteiger partial charge in [0.2, 0.25) is 0 Å². The van der Waals surface area contributed by atoms with Crippen LogP contribution < -0.4 is 15.2 Å². The van der Waals surface area contributed by atoms with Crippen LogP contribution in [0.2, 0.25) is 0 Å². The molecule has 1 atom stereocenters. The van der Waals surface area contributed by atoms with Crippen LogP contribution in [0, 0.1) is 17.6 Å². The zero-order valence-electron chi connectivity index (χ0n) is 19.8. The number of halogens is 2. The van der Waals surface area contributed by atoms with Crippen molar-refractivity contribution in [2.24, 2.45) is 26.6 Å². The Morgan fingerprint density at radius 1 is 1.23 bits per heavy atom. The summed E-state index contributed by atoms with van der Waals surface area (Å²) in [4.78, 5) is 15.6. The standard InChI is InChI=1S/C25H29F2N5O3/c1-33-21-11-22(34-2)24(27)20(23(21)26)10-17-15-31-25-19(17)9-16(14-30-25)18(12-28)13-29-3-4-32-5-7-35-8-6-32/h9,11-15,19H,3-8,10,28H2,1-2H3. The molecule has 0 aliphatic carbocycles. The number of hydrogen-bond acceptors (Lipinski definition) is 8. The fourth-order valence-electron chi connectivity index (χ4n) is 4.15. The Balaban J connectivity index is 1.48. The minimum Gasteiger partial charge on any atom is -0.494 e. The number of allylic oxidation sites excluding steroid dienone is 2. The van der Waals surface area contributed by atoms with Gasteiger partial charge in [-0.1, -0.05) is 6.08 Å². The maximum absolute atomic E-state index is 14.9. The van der Waals surface area contributed by atoms with Crippen molar-refractivity contribution in [1.82, 2.24) is 4.90 Å². The number of nitrogens with zero attached hydrogens (tertiary/aromatic N) is 4. The van der Waals surface area contributed by atoms with Gasteiger partial charge in [-0.15, -0.1) is 0 Å². The third kappa shape index (κ3) is 5.49. The number of benzene rings is 1. The number of aliphatic imine (C=N–C) groups is 3. The predicted molar refractivity (Wildman–Crippen MR) is 132 cm³/mol. The van der Waals surface area contributed by atoms with E-state index in [1.807, 2.05) is 6.08 Å². The van der Waals surface area contributed by atoms with Crippen LogP contribution in [-0.2, 0) is 11.2 Å². The topological polar surface area (TPSA) is 94.0 Å². The van der Waals surface area contributed by atoms with E-state index in [4.69, 9.17) is 19.9 Å². The lowest BCUT2D eigenvalue weighted by Crippen LogP contribution is -2.37. The maximum Gasteiger partial charge on any atom is 0.171 e. The summed E-state index contributed by atoms with van der Waals surface area (Å²) in [7, 11) is 2.65. The van der Waals surface area contributed by atoms with Gasteiger partial charge in [0.15, 0.2) is 23.1 Å². The van der Waals surface area contributed by atoms with Gasteiger partial charge in [0, 0.05) is 73.7 Å². The first-order chi connectivity index (χ1) is 17.0. The minimum absolute atomic E-state index is 0.0164. The highest BCUT2D eigenvalue weighted by molar-refractivity contribution is 6.08. The molecule has 3 aliphatic heterocycles. The molecule has 0 bridgehead atoms. The second kappa shape index (κ2) is 11.4. The molecular weight excluding hydrogens is 456 g/mol. The largest absolute Gasteiger partial charge is 0.494 e. The van der Waals surface area contributed by atoms with Crippen molar-refractivity contribution in [1.29, 1.82) is 0 Å². The number of ether oxygens (including phenoxy) is 3. The third-order valence-electron chi connectivity index (χ3n) is 6.16. The Kier molecular flexibility index (Phi) is 8.04. The van der Waals surface area contributed by atoms with Crippen molar-refractivity contribution < 1.29 is 23.0 Å². The molecule has 2 N–H and O–H groups in total. The molecule has 0 spiro atoms. The summed E-state index contributed by atoms with van der Waals surface area (Å²) in [6, 6.07) is 1.19. The van der Waals surface area contributed by atoms with Gasteiger partial charge in [-0.25, -0.2) is 18.8 Å². The number of fused-ring (bicyclic) bond motifs is 1. The zero-order valence-corrected chi connectivity index (χ0v) is 19.8. The van der Waals surface area contributed by atoms with E-state index < -0.39 is 11.6 Å². The van der Waals surface area contributed by atoms with Crippen LogP contribution in [-0.4, -0.2) is 76.8 Å². The number of nitrogens with two attached hydrogens (primary N) is 1. The number of rotatable bonds is 9. The van der Waals surface area contributed by atoms with Gasteiger partial charge in [0.1, 0.15) is 5.84 Å². The van der Waals surface area contributed by atoms with Crippen molar-refractivity contribution in [3.63, 3.8) is 0 Å². The molecule has 0 amide bonds. The van der Waals surface area contributed by atoms with Crippen molar-refractivity contribution in [2.45, 2.75) is 6.42 Å². The smallest absolute Gasteiger partial charge is 0.171 e. The number of amidine groups is 1. The van der Waals surface area contributed by atoms with Gasteiger partial charge in [0.05, 0.1) is 39.9 Å². The number of methoxy groups -OCH3 is 2. The van der Waals surface area contributed by atoms with Gasteiger partial charge in [0.25, 0.3) is 0 Å². The summed E-state index contributed by atoms with van der Waals surface area (Å²) in [5.74, 6) is -1.48. The number of hydrogen-bond donors (Lipinski definition) is 1. The van der Waals surface area contributed by atoms with E-state index in [0.29, 0.717) is 23.5 Å².